The summed E-state index contributed by atoms with van der Waals surface area (Å²) >= 11 is 1.27. The Balaban J connectivity index is 1.63. The number of anilines is 1. The van der Waals surface area contributed by atoms with Gasteiger partial charge in [-0.25, -0.2) is 13.2 Å². The molecule has 6 nitrogen and oxygen atoms in total. The predicted molar refractivity (Wildman–Crippen MR) is 71.9 cm³/mol. The van der Waals surface area contributed by atoms with Crippen LogP contribution < -0.4 is 5.32 Å². The molecule has 1 N–H and O–H groups in total. The van der Waals surface area contributed by atoms with Crippen LogP contribution in [0.15, 0.2) is 18.5 Å². The zero-order chi connectivity index (χ0) is 15.7. The Morgan fingerprint density at radius 2 is 2.09 bits per heavy atom. The molecule has 0 saturated carbocycles. The average molecular weight is 327 g/mol. The minimum Gasteiger partial charge on any atom is -0.323 e. The van der Waals surface area contributed by atoms with Gasteiger partial charge in [0, 0.05) is 12.8 Å². The maximum atomic E-state index is 13.4. The summed E-state index contributed by atoms with van der Waals surface area (Å²) < 4.78 is 40.7. The number of carbonyl (C=O) groups is 1. The van der Waals surface area contributed by atoms with Crippen molar-refractivity contribution >= 4 is 27.9 Å². The van der Waals surface area contributed by atoms with Gasteiger partial charge in [0.15, 0.2) is 17.5 Å². The summed E-state index contributed by atoms with van der Waals surface area (Å²) in [5, 5.41) is 14.5. The zero-order valence-corrected chi connectivity index (χ0v) is 11.7. The first-order valence-electron chi connectivity index (χ1n) is 6.13. The molecule has 3 aromatic rings. The summed E-state index contributed by atoms with van der Waals surface area (Å²) in [6, 6.07) is 1.71. The molecule has 0 aliphatic carbocycles. The topological polar surface area (TPSA) is 72.2 Å². The smallest absolute Gasteiger partial charge is 0.234 e. The minimum absolute atomic E-state index is 0.0164. The minimum atomic E-state index is -1.62. The maximum Gasteiger partial charge on any atom is 0.234 e. The molecular weight excluding hydrogens is 319 g/mol. The first-order valence-corrected chi connectivity index (χ1v) is 6.95. The van der Waals surface area contributed by atoms with Gasteiger partial charge in [0.2, 0.25) is 10.9 Å². The Hall–Kier alpha value is -2.49. The van der Waals surface area contributed by atoms with E-state index in [9.17, 15) is 18.0 Å². The predicted octanol–water partition coefficient (Wildman–Crippen LogP) is 2.17. The normalized spacial score (nSPS) is 11.0. The molecule has 10 heteroatoms. The fraction of sp³-hybridized carbons (Fsp3) is 0.167. The number of aryl methyl sites for hydroxylation is 1. The molecule has 2 aromatic heterocycles. The summed E-state index contributed by atoms with van der Waals surface area (Å²) in [5.74, 6) is -4.88. The van der Waals surface area contributed by atoms with Crippen molar-refractivity contribution in [2.24, 2.45) is 0 Å². The molecule has 2 heterocycles. The third-order valence-corrected chi connectivity index (χ3v) is 3.78. The fourth-order valence-electron chi connectivity index (χ4n) is 1.76. The van der Waals surface area contributed by atoms with Gasteiger partial charge in [0.25, 0.3) is 0 Å². The van der Waals surface area contributed by atoms with Crippen LogP contribution in [-0.2, 0) is 11.2 Å². The summed E-state index contributed by atoms with van der Waals surface area (Å²) in [4.78, 5) is 12.3. The quantitative estimate of drug-likeness (QED) is 0.746. The second-order valence-electron chi connectivity index (χ2n) is 4.32. The number of halogens is 3. The molecule has 0 aliphatic rings. The van der Waals surface area contributed by atoms with Crippen LogP contribution in [0, 0.1) is 17.5 Å². The molecule has 0 saturated heterocycles. The third-order valence-electron chi connectivity index (χ3n) is 2.80. The molecule has 0 fully saturated rings. The number of nitrogens with one attached hydrogen (secondary N) is 1. The number of benzene rings is 1. The van der Waals surface area contributed by atoms with Gasteiger partial charge in [-0.2, -0.15) is 9.61 Å². The monoisotopic (exact) mass is 327 g/mol. The van der Waals surface area contributed by atoms with Gasteiger partial charge in [-0.05, 0) is 12.1 Å². The number of rotatable bonds is 4. The van der Waals surface area contributed by atoms with Crippen molar-refractivity contribution in [3.05, 3.63) is 40.9 Å². The Kier molecular flexibility index (Phi) is 3.75. The van der Waals surface area contributed by atoms with Gasteiger partial charge in [0.05, 0.1) is 5.69 Å². The Labute approximate surface area is 125 Å². The largest absolute Gasteiger partial charge is 0.323 e. The Bertz CT molecular complexity index is 818. The van der Waals surface area contributed by atoms with E-state index < -0.39 is 29.0 Å². The van der Waals surface area contributed by atoms with Crippen LogP contribution in [0.4, 0.5) is 18.9 Å². The maximum absolute atomic E-state index is 13.4. The first-order chi connectivity index (χ1) is 10.5. The van der Waals surface area contributed by atoms with Gasteiger partial charge in [0.1, 0.15) is 11.3 Å². The molecule has 0 atom stereocenters. The van der Waals surface area contributed by atoms with E-state index in [2.05, 4.69) is 20.6 Å². The molecule has 22 heavy (non-hydrogen) atoms. The highest BCUT2D eigenvalue weighted by Crippen LogP contribution is 2.20. The standard InChI is InChI=1S/C12H8F3N5OS/c13-6-1-2-7(11(15)10(6)14)17-8(21)3-4-9-19-20-5-16-18-12(20)22-9/h1-2,5H,3-4H2,(H,17,21). The third kappa shape index (κ3) is 2.77. The summed E-state index contributed by atoms with van der Waals surface area (Å²) in [6.07, 6.45) is 1.76. The van der Waals surface area contributed by atoms with Crippen LogP contribution in [0.5, 0.6) is 0 Å². The van der Waals surface area contributed by atoms with Crippen molar-refractivity contribution in [1.29, 1.82) is 0 Å². The SMILES string of the molecule is O=C(CCc1nn2cnnc2s1)Nc1ccc(F)c(F)c1F. The van der Waals surface area contributed by atoms with Crippen LogP contribution in [-0.4, -0.2) is 25.7 Å². The van der Waals surface area contributed by atoms with Crippen LogP contribution in [0.3, 0.4) is 0 Å². The van der Waals surface area contributed by atoms with Crippen LogP contribution >= 0.6 is 11.3 Å². The lowest BCUT2D eigenvalue weighted by Crippen LogP contribution is -2.14. The first kappa shape index (κ1) is 14.4. The zero-order valence-electron chi connectivity index (χ0n) is 10.9. The Morgan fingerprint density at radius 3 is 2.86 bits per heavy atom. The van der Waals surface area contributed by atoms with Crippen molar-refractivity contribution in [1.82, 2.24) is 19.8 Å². The van der Waals surface area contributed by atoms with Gasteiger partial charge >= 0.3 is 0 Å². The highest BCUT2D eigenvalue weighted by Gasteiger charge is 2.15. The van der Waals surface area contributed by atoms with E-state index in [0.717, 1.165) is 12.1 Å². The molecule has 3 rings (SSSR count). The van der Waals surface area contributed by atoms with E-state index >= 15 is 0 Å². The number of hydrogen-bond acceptors (Lipinski definition) is 5. The second-order valence-corrected chi connectivity index (χ2v) is 5.37. The summed E-state index contributed by atoms with van der Waals surface area (Å²) in [7, 11) is 0. The van der Waals surface area contributed by atoms with Crippen molar-refractivity contribution in [2.45, 2.75) is 12.8 Å². The molecule has 0 bridgehead atoms. The van der Waals surface area contributed by atoms with Crippen molar-refractivity contribution in [3.63, 3.8) is 0 Å². The van der Waals surface area contributed by atoms with E-state index in [1.54, 1.807) is 0 Å². The van der Waals surface area contributed by atoms with Crippen molar-refractivity contribution in [2.75, 3.05) is 5.32 Å². The Morgan fingerprint density at radius 1 is 1.27 bits per heavy atom. The van der Waals surface area contributed by atoms with Gasteiger partial charge in [-0.3, -0.25) is 4.79 Å². The van der Waals surface area contributed by atoms with Crippen LogP contribution in [0.2, 0.25) is 0 Å². The van der Waals surface area contributed by atoms with E-state index in [0.29, 0.717) is 16.4 Å². The number of aromatic nitrogens is 4. The van der Waals surface area contributed by atoms with Crippen molar-refractivity contribution in [3.8, 4) is 0 Å². The molecule has 0 unspecified atom stereocenters. The van der Waals surface area contributed by atoms with E-state index in [4.69, 9.17) is 0 Å². The van der Waals surface area contributed by atoms with Crippen LogP contribution in [0.25, 0.3) is 4.96 Å². The number of fused-ring (bicyclic) bond motifs is 1. The van der Waals surface area contributed by atoms with E-state index in [1.807, 2.05) is 0 Å². The summed E-state index contributed by atoms with van der Waals surface area (Å²) in [5.41, 5.74) is -0.401. The lowest BCUT2D eigenvalue weighted by atomic mass is 10.2. The van der Waals surface area contributed by atoms with Gasteiger partial charge in [-0.15, -0.1) is 10.2 Å². The molecular formula is C12H8F3N5OS. The van der Waals surface area contributed by atoms with E-state index in [1.165, 1.54) is 22.2 Å². The lowest BCUT2D eigenvalue weighted by molar-refractivity contribution is -0.116. The second kappa shape index (κ2) is 5.72. The lowest BCUT2D eigenvalue weighted by Gasteiger charge is -2.06. The highest BCUT2D eigenvalue weighted by molar-refractivity contribution is 7.16. The van der Waals surface area contributed by atoms with Gasteiger partial charge < -0.3 is 5.32 Å². The molecule has 0 radical (unpaired) electrons. The number of amides is 1. The number of carbonyl (C=O) groups excluding carboxylic acids is 1. The van der Waals surface area contributed by atoms with Gasteiger partial charge in [-0.1, -0.05) is 11.3 Å². The fourth-order valence-corrected chi connectivity index (χ4v) is 2.57. The van der Waals surface area contributed by atoms with Crippen LogP contribution in [0.1, 0.15) is 11.4 Å². The van der Waals surface area contributed by atoms with E-state index in [-0.39, 0.29) is 6.42 Å². The molecule has 0 aliphatic heterocycles. The average Bonchev–Trinajstić information content (AvgIpc) is 3.07. The number of hydrogen-bond donors (Lipinski definition) is 1. The molecule has 1 amide bonds. The molecule has 114 valence electrons. The number of nitrogens with zero attached hydrogens (tertiary/aromatic N) is 4. The molecule has 0 spiro atoms. The molecule has 1 aromatic carbocycles. The summed E-state index contributed by atoms with van der Waals surface area (Å²) in [6.45, 7) is 0. The highest BCUT2D eigenvalue weighted by atomic mass is 32.1. The van der Waals surface area contributed by atoms with Crippen molar-refractivity contribution < 1.29 is 18.0 Å².